The number of primary amides is 1. The normalized spacial score (nSPS) is 17.5. The molecule has 3 aromatic rings. The van der Waals surface area contributed by atoms with E-state index in [9.17, 15) is 18.4 Å². The fraction of sp³-hybridized carbons (Fsp3) is 0.355. The molecule has 0 spiro atoms. The maximum atomic E-state index is 13.5. The van der Waals surface area contributed by atoms with Crippen LogP contribution in [0.25, 0.3) is 0 Å². The number of likely N-dealkylation sites (tertiary alicyclic amines) is 1. The van der Waals surface area contributed by atoms with Crippen molar-refractivity contribution in [2.24, 2.45) is 11.7 Å². The molecule has 4 rings (SSSR count). The number of nitrogens with zero attached hydrogens (tertiary/aromatic N) is 1. The van der Waals surface area contributed by atoms with Gasteiger partial charge in [-0.3, -0.25) is 14.5 Å². The molecule has 41 heavy (non-hydrogen) atoms. The predicted molar refractivity (Wildman–Crippen MR) is 160 cm³/mol. The predicted octanol–water partition coefficient (Wildman–Crippen LogP) is 6.75. The van der Waals surface area contributed by atoms with Gasteiger partial charge in [-0.25, -0.2) is 8.78 Å². The Balaban J connectivity index is 1.30. The molecule has 0 aromatic heterocycles. The van der Waals surface area contributed by atoms with E-state index in [0.29, 0.717) is 24.6 Å². The zero-order valence-corrected chi connectivity index (χ0v) is 24.1. The topological polar surface area (TPSA) is 101 Å². The molecule has 10 heteroatoms. The Kier molecular flexibility index (Phi) is 10.6. The van der Waals surface area contributed by atoms with Crippen molar-refractivity contribution in [1.29, 1.82) is 0 Å². The Bertz CT molecular complexity index is 1290. The highest BCUT2D eigenvalue weighted by molar-refractivity contribution is 6.40. The lowest BCUT2D eigenvalue weighted by Gasteiger charge is -2.37. The minimum atomic E-state index is -0.553. The zero-order valence-electron chi connectivity index (χ0n) is 22.6. The van der Waals surface area contributed by atoms with Gasteiger partial charge in [0, 0.05) is 11.6 Å². The summed E-state index contributed by atoms with van der Waals surface area (Å²) in [6.45, 7) is 0.539. The number of amides is 2. The molecule has 5 N–H and O–H groups in total. The van der Waals surface area contributed by atoms with Gasteiger partial charge in [0.25, 0.3) is 0 Å². The maximum Gasteiger partial charge on any atom is 0.238 e. The number of nitrogens with two attached hydrogens (primary N) is 2. The standard InChI is InChI=1S/C31H34Cl2F2N4O2/c32-26-16-24(36)17-27(33)30(26)38-29(40)18-39-14-13-19(15-28(39)31(37)41)3-1-2-4-25(20-5-9-22(34)10-6-20)21-7-11-23(35)12-8-21/h5-12,16-17,19,25,28H,1-4,13-15,18,36H2,(H2,37,41)(H,38,40)/t19?,28-/m0/s1. The van der Waals surface area contributed by atoms with Gasteiger partial charge in [-0.15, -0.1) is 0 Å². The molecule has 1 aliphatic heterocycles. The molecule has 3 aromatic carbocycles. The summed E-state index contributed by atoms with van der Waals surface area (Å²) in [7, 11) is 0. The highest BCUT2D eigenvalue weighted by atomic mass is 35.5. The second-order valence-corrected chi connectivity index (χ2v) is 11.4. The molecule has 0 saturated carbocycles. The number of nitrogens with one attached hydrogen (secondary N) is 1. The molecule has 1 fully saturated rings. The number of halogens is 4. The number of rotatable bonds is 11. The summed E-state index contributed by atoms with van der Waals surface area (Å²) in [5.74, 6) is -1.08. The van der Waals surface area contributed by atoms with Crippen LogP contribution in [0, 0.1) is 17.6 Å². The Morgan fingerprint density at radius 2 is 1.51 bits per heavy atom. The minimum Gasteiger partial charge on any atom is -0.399 e. The van der Waals surface area contributed by atoms with Gasteiger partial charge in [0.15, 0.2) is 0 Å². The third-order valence-corrected chi connectivity index (χ3v) is 8.32. The Morgan fingerprint density at radius 1 is 0.951 bits per heavy atom. The van der Waals surface area contributed by atoms with Crippen LogP contribution in [0.3, 0.4) is 0 Å². The molecule has 2 atom stereocenters. The quantitative estimate of drug-likeness (QED) is 0.167. The first-order valence-corrected chi connectivity index (χ1v) is 14.4. The molecular formula is C31H34Cl2F2N4O2. The number of anilines is 2. The molecule has 1 saturated heterocycles. The summed E-state index contributed by atoms with van der Waals surface area (Å²) in [4.78, 5) is 26.9. The number of unbranched alkanes of at least 4 members (excludes halogenated alkanes) is 1. The Hall–Kier alpha value is -3.20. The monoisotopic (exact) mass is 602 g/mol. The van der Waals surface area contributed by atoms with E-state index in [-0.39, 0.29) is 45.7 Å². The van der Waals surface area contributed by atoms with Gasteiger partial charge in [-0.1, -0.05) is 66.7 Å². The first kappa shape index (κ1) is 30.8. The van der Waals surface area contributed by atoms with Gasteiger partial charge in [0.1, 0.15) is 11.6 Å². The number of carbonyl (C=O) groups is 2. The Morgan fingerprint density at radius 3 is 2.05 bits per heavy atom. The van der Waals surface area contributed by atoms with Crippen LogP contribution in [0.1, 0.15) is 55.6 Å². The van der Waals surface area contributed by atoms with E-state index in [2.05, 4.69) is 5.32 Å². The third-order valence-electron chi connectivity index (χ3n) is 7.73. The van der Waals surface area contributed by atoms with E-state index >= 15 is 0 Å². The Labute approximate surface area is 249 Å². The van der Waals surface area contributed by atoms with Crippen LogP contribution in [-0.4, -0.2) is 35.8 Å². The molecule has 1 aliphatic rings. The number of benzene rings is 3. The SMILES string of the molecule is NC(=O)[C@@H]1CC(CCCCC(c2ccc(F)cc2)c2ccc(F)cc2)CCN1CC(=O)Nc1c(Cl)cc(N)cc1Cl. The van der Waals surface area contributed by atoms with Gasteiger partial charge >= 0.3 is 0 Å². The molecule has 0 aliphatic carbocycles. The summed E-state index contributed by atoms with van der Waals surface area (Å²) in [5.41, 5.74) is 14.1. The molecular weight excluding hydrogens is 569 g/mol. The minimum absolute atomic E-state index is 0.0195. The number of hydrogen-bond donors (Lipinski definition) is 3. The second-order valence-electron chi connectivity index (χ2n) is 10.6. The van der Waals surface area contributed by atoms with Crippen molar-refractivity contribution < 1.29 is 18.4 Å². The summed E-state index contributed by atoms with van der Waals surface area (Å²) >= 11 is 12.4. The van der Waals surface area contributed by atoms with Gasteiger partial charge in [0.05, 0.1) is 28.3 Å². The van der Waals surface area contributed by atoms with Crippen LogP contribution in [-0.2, 0) is 9.59 Å². The largest absolute Gasteiger partial charge is 0.399 e. The first-order valence-electron chi connectivity index (χ1n) is 13.7. The van der Waals surface area contributed by atoms with Crippen molar-refractivity contribution in [3.05, 3.63) is 93.5 Å². The molecule has 218 valence electrons. The summed E-state index contributed by atoms with van der Waals surface area (Å²) < 4.78 is 27.0. The van der Waals surface area contributed by atoms with Gasteiger partial charge in [-0.2, -0.15) is 0 Å². The maximum absolute atomic E-state index is 13.5. The summed E-state index contributed by atoms with van der Waals surface area (Å²) in [6, 6.07) is 15.4. The van der Waals surface area contributed by atoms with Crippen LogP contribution in [0.5, 0.6) is 0 Å². The van der Waals surface area contributed by atoms with Gasteiger partial charge < -0.3 is 16.8 Å². The zero-order chi connectivity index (χ0) is 29.5. The van der Waals surface area contributed by atoms with Gasteiger partial charge in [-0.05, 0) is 79.3 Å². The van der Waals surface area contributed by atoms with Crippen LogP contribution in [0.4, 0.5) is 20.2 Å². The summed E-state index contributed by atoms with van der Waals surface area (Å²) in [6.07, 6.45) is 4.99. The highest BCUT2D eigenvalue weighted by Crippen LogP contribution is 2.34. The van der Waals surface area contributed by atoms with E-state index < -0.39 is 11.9 Å². The van der Waals surface area contributed by atoms with Crippen molar-refractivity contribution in [2.75, 3.05) is 24.1 Å². The first-order chi connectivity index (χ1) is 19.6. The second kappa shape index (κ2) is 14.1. The van der Waals surface area contributed by atoms with Gasteiger partial charge in [0.2, 0.25) is 11.8 Å². The van der Waals surface area contributed by atoms with Crippen LogP contribution >= 0.6 is 23.2 Å². The van der Waals surface area contributed by atoms with Crippen LogP contribution in [0.2, 0.25) is 10.0 Å². The molecule has 0 radical (unpaired) electrons. The fourth-order valence-electron chi connectivity index (χ4n) is 5.61. The van der Waals surface area contributed by atoms with Crippen molar-refractivity contribution in [2.45, 2.75) is 50.5 Å². The summed E-state index contributed by atoms with van der Waals surface area (Å²) in [5, 5.41) is 3.18. The van der Waals surface area contributed by atoms with E-state index in [4.69, 9.17) is 34.7 Å². The van der Waals surface area contributed by atoms with Crippen LogP contribution in [0.15, 0.2) is 60.7 Å². The lowest BCUT2D eigenvalue weighted by molar-refractivity contribution is -0.127. The number of piperidine rings is 1. The lowest BCUT2D eigenvalue weighted by atomic mass is 9.84. The molecule has 0 bridgehead atoms. The molecule has 2 amide bonds. The van der Waals surface area contributed by atoms with Crippen molar-refractivity contribution in [3.63, 3.8) is 0 Å². The number of hydrogen-bond acceptors (Lipinski definition) is 4. The third kappa shape index (κ3) is 8.41. The van der Waals surface area contributed by atoms with E-state index in [1.165, 1.54) is 36.4 Å². The van der Waals surface area contributed by atoms with E-state index in [0.717, 1.165) is 43.2 Å². The van der Waals surface area contributed by atoms with Crippen molar-refractivity contribution in [3.8, 4) is 0 Å². The average Bonchev–Trinajstić information content (AvgIpc) is 2.92. The highest BCUT2D eigenvalue weighted by Gasteiger charge is 2.33. The molecule has 1 unspecified atom stereocenters. The fourth-order valence-corrected chi connectivity index (χ4v) is 6.21. The van der Waals surface area contributed by atoms with Crippen LogP contribution < -0.4 is 16.8 Å². The average molecular weight is 604 g/mol. The van der Waals surface area contributed by atoms with E-state index in [1.54, 1.807) is 29.2 Å². The number of carbonyl (C=O) groups excluding carboxylic acids is 2. The molecule has 6 nitrogen and oxygen atoms in total. The smallest absolute Gasteiger partial charge is 0.238 e. The molecule has 1 heterocycles. The van der Waals surface area contributed by atoms with Crippen molar-refractivity contribution in [1.82, 2.24) is 4.90 Å². The van der Waals surface area contributed by atoms with Crippen molar-refractivity contribution >= 4 is 46.4 Å². The number of nitrogen functional groups attached to an aromatic ring is 1. The lowest BCUT2D eigenvalue weighted by Crippen LogP contribution is -2.52. The van der Waals surface area contributed by atoms with E-state index in [1.807, 2.05) is 0 Å².